The number of benzene rings is 1. The fourth-order valence-corrected chi connectivity index (χ4v) is 1.82. The Hall–Kier alpha value is -2.53. The zero-order valence-electron chi connectivity index (χ0n) is 11.8. The molecule has 1 aromatic heterocycles. The van der Waals surface area contributed by atoms with Crippen LogP contribution in [0.4, 0.5) is 10.2 Å². The van der Waals surface area contributed by atoms with Gasteiger partial charge < -0.3 is 11.5 Å². The van der Waals surface area contributed by atoms with E-state index in [0.717, 1.165) is 5.56 Å². The van der Waals surface area contributed by atoms with Crippen LogP contribution in [0.5, 0.6) is 0 Å². The Kier molecular flexibility index (Phi) is 4.79. The minimum Gasteiger partial charge on any atom is -0.404 e. The van der Waals surface area contributed by atoms with Crippen molar-refractivity contribution in [1.82, 2.24) is 4.98 Å². The molecule has 0 saturated heterocycles. The summed E-state index contributed by atoms with van der Waals surface area (Å²) in [6.45, 7) is 2.21. The molecule has 0 unspecified atom stereocenters. The first-order chi connectivity index (χ1) is 10.1. The van der Waals surface area contributed by atoms with Crippen LogP contribution >= 0.6 is 0 Å². The molecular weight excluding hydrogens is 267 g/mol. The maximum absolute atomic E-state index is 13.5. The fraction of sp³-hybridized carbons (Fsp3) is 0.125. The molecule has 0 aliphatic carbocycles. The normalized spacial score (nSPS) is 12.0. The number of aryl methyl sites for hydroxylation is 1. The summed E-state index contributed by atoms with van der Waals surface area (Å²) in [6, 6.07) is 8.30. The lowest BCUT2D eigenvalue weighted by Crippen LogP contribution is -2.00. The minimum atomic E-state index is -0.353. The van der Waals surface area contributed by atoms with Gasteiger partial charge in [0.1, 0.15) is 5.82 Å². The first kappa shape index (κ1) is 14.9. The number of allylic oxidation sites excluding steroid dienone is 1. The highest BCUT2D eigenvalue weighted by Gasteiger charge is 2.04. The summed E-state index contributed by atoms with van der Waals surface area (Å²) in [5, 5.41) is 0. The highest BCUT2D eigenvalue weighted by atomic mass is 19.1. The zero-order chi connectivity index (χ0) is 15.2. The Morgan fingerprint density at radius 1 is 1.33 bits per heavy atom. The maximum Gasteiger partial charge on any atom is 0.151 e. The topological polar surface area (TPSA) is 77.3 Å². The average molecular weight is 284 g/mol. The molecule has 2 aromatic rings. The third kappa shape index (κ3) is 3.97. The zero-order valence-corrected chi connectivity index (χ0v) is 11.8. The molecule has 0 spiro atoms. The first-order valence-electron chi connectivity index (χ1n) is 6.51. The van der Waals surface area contributed by atoms with Gasteiger partial charge in [-0.15, -0.1) is 0 Å². The van der Waals surface area contributed by atoms with Crippen molar-refractivity contribution in [2.45, 2.75) is 13.5 Å². The lowest BCUT2D eigenvalue weighted by molar-refractivity contribution is 0.625. The van der Waals surface area contributed by atoms with Crippen LogP contribution in [0.2, 0.25) is 0 Å². The average Bonchev–Trinajstić information content (AvgIpc) is 2.49. The molecule has 0 saturated carbocycles. The molecular formula is C16H17FN4. The van der Waals surface area contributed by atoms with Crippen molar-refractivity contribution in [3.05, 3.63) is 65.2 Å². The Morgan fingerprint density at radius 3 is 2.76 bits per heavy atom. The minimum absolute atomic E-state index is 0.263. The van der Waals surface area contributed by atoms with E-state index < -0.39 is 0 Å². The van der Waals surface area contributed by atoms with Crippen molar-refractivity contribution in [3.8, 4) is 0 Å². The van der Waals surface area contributed by atoms with Crippen LogP contribution in [-0.4, -0.2) is 11.2 Å². The van der Waals surface area contributed by atoms with E-state index in [1.165, 1.54) is 18.3 Å². The molecule has 4 N–H and O–H groups in total. The Morgan fingerprint density at radius 2 is 2.14 bits per heavy atom. The predicted octanol–water partition coefficient (Wildman–Crippen LogP) is 2.69. The van der Waals surface area contributed by atoms with Crippen LogP contribution in [0.15, 0.2) is 47.7 Å². The number of nitrogens with zero attached hydrogens (tertiary/aromatic N) is 2. The quantitative estimate of drug-likeness (QED) is 0.847. The Bertz CT molecular complexity index is 675. The molecule has 1 heterocycles. The van der Waals surface area contributed by atoms with Gasteiger partial charge in [-0.25, -0.2) is 14.4 Å². The second-order valence-corrected chi connectivity index (χ2v) is 4.63. The molecule has 0 radical (unpaired) electrons. The van der Waals surface area contributed by atoms with E-state index in [0.29, 0.717) is 22.5 Å². The van der Waals surface area contributed by atoms with Crippen molar-refractivity contribution in [3.63, 3.8) is 0 Å². The van der Waals surface area contributed by atoms with Crippen LogP contribution in [0, 0.1) is 12.7 Å². The summed E-state index contributed by atoms with van der Waals surface area (Å²) in [5.74, 6) is 0.213. The second-order valence-electron chi connectivity index (χ2n) is 4.63. The molecule has 0 aliphatic heterocycles. The number of rotatable bonds is 4. The summed E-state index contributed by atoms with van der Waals surface area (Å²) in [5.41, 5.74) is 14.1. The molecule has 1 aromatic carbocycles. The van der Waals surface area contributed by atoms with Crippen LogP contribution in [0.1, 0.15) is 16.7 Å². The van der Waals surface area contributed by atoms with Crippen LogP contribution in [-0.2, 0) is 6.54 Å². The molecule has 4 nitrogen and oxygen atoms in total. The number of hydrogen-bond acceptors (Lipinski definition) is 4. The lowest BCUT2D eigenvalue weighted by atomic mass is 10.0. The molecule has 0 amide bonds. The van der Waals surface area contributed by atoms with Gasteiger partial charge in [-0.1, -0.05) is 6.07 Å². The monoisotopic (exact) mass is 284 g/mol. The smallest absolute Gasteiger partial charge is 0.151 e. The largest absolute Gasteiger partial charge is 0.404 e. The fourth-order valence-electron chi connectivity index (χ4n) is 1.82. The van der Waals surface area contributed by atoms with Gasteiger partial charge >= 0.3 is 0 Å². The van der Waals surface area contributed by atoms with Crippen LogP contribution in [0.3, 0.4) is 0 Å². The van der Waals surface area contributed by atoms with Gasteiger partial charge in [-0.05, 0) is 47.9 Å². The van der Waals surface area contributed by atoms with E-state index in [1.54, 1.807) is 24.5 Å². The van der Waals surface area contributed by atoms with Gasteiger partial charge in [0.2, 0.25) is 0 Å². The number of aromatic nitrogens is 1. The summed E-state index contributed by atoms with van der Waals surface area (Å²) >= 11 is 0. The lowest BCUT2D eigenvalue weighted by Gasteiger charge is -2.05. The molecule has 5 heteroatoms. The molecule has 0 aliphatic rings. The molecule has 0 bridgehead atoms. The molecule has 2 rings (SSSR count). The number of hydrogen-bond donors (Lipinski definition) is 2. The van der Waals surface area contributed by atoms with Gasteiger partial charge in [-0.2, -0.15) is 0 Å². The van der Waals surface area contributed by atoms with Crippen molar-refractivity contribution in [1.29, 1.82) is 0 Å². The van der Waals surface area contributed by atoms with E-state index in [1.807, 2.05) is 13.0 Å². The number of aliphatic imine (C=N–C) groups is 1. The highest BCUT2D eigenvalue weighted by Crippen LogP contribution is 2.17. The molecule has 108 valence electrons. The molecule has 0 fully saturated rings. The van der Waals surface area contributed by atoms with Crippen LogP contribution < -0.4 is 11.5 Å². The van der Waals surface area contributed by atoms with E-state index in [-0.39, 0.29) is 12.4 Å². The number of nitrogens with two attached hydrogens (primary N) is 2. The van der Waals surface area contributed by atoms with Crippen LogP contribution in [0.25, 0.3) is 5.57 Å². The van der Waals surface area contributed by atoms with E-state index >= 15 is 0 Å². The van der Waals surface area contributed by atoms with Gasteiger partial charge in [0.15, 0.2) is 5.82 Å². The molecule has 21 heavy (non-hydrogen) atoms. The van der Waals surface area contributed by atoms with Crippen molar-refractivity contribution < 1.29 is 4.39 Å². The van der Waals surface area contributed by atoms with Crippen molar-refractivity contribution >= 4 is 17.6 Å². The summed E-state index contributed by atoms with van der Waals surface area (Å²) in [7, 11) is 0. The van der Waals surface area contributed by atoms with E-state index in [4.69, 9.17) is 11.5 Å². The SMILES string of the molecule is Cc1ccc(N=CC(=CN)c2cc(F)cc(CN)c2)nc1. The van der Waals surface area contributed by atoms with Crippen molar-refractivity contribution in [2.75, 3.05) is 0 Å². The third-order valence-corrected chi connectivity index (χ3v) is 2.94. The highest BCUT2D eigenvalue weighted by molar-refractivity contribution is 6.10. The summed E-state index contributed by atoms with van der Waals surface area (Å²) < 4.78 is 13.5. The van der Waals surface area contributed by atoms with E-state index in [2.05, 4.69) is 9.98 Å². The first-order valence-corrected chi connectivity index (χ1v) is 6.51. The predicted molar refractivity (Wildman–Crippen MR) is 83.6 cm³/mol. The Balaban J connectivity index is 2.28. The number of pyridine rings is 1. The van der Waals surface area contributed by atoms with Gasteiger partial charge in [-0.3, -0.25) is 0 Å². The summed E-state index contributed by atoms with van der Waals surface area (Å²) in [4.78, 5) is 8.41. The maximum atomic E-state index is 13.5. The standard InChI is InChI=1S/C16H17FN4/c1-11-2-3-16(20-9-11)21-10-14(8-19)13-4-12(7-18)5-15(17)6-13/h2-6,8-10H,7,18-19H2,1H3. The van der Waals surface area contributed by atoms with Gasteiger partial charge in [0.05, 0.1) is 0 Å². The van der Waals surface area contributed by atoms with Gasteiger partial charge in [0.25, 0.3) is 0 Å². The van der Waals surface area contributed by atoms with Crippen molar-refractivity contribution in [2.24, 2.45) is 16.5 Å². The molecule has 0 atom stereocenters. The second kappa shape index (κ2) is 6.76. The van der Waals surface area contributed by atoms with Gasteiger partial charge in [0, 0.05) is 30.7 Å². The number of halogens is 1. The Labute approximate surface area is 123 Å². The third-order valence-electron chi connectivity index (χ3n) is 2.94. The summed E-state index contributed by atoms with van der Waals surface area (Å²) in [6.07, 6.45) is 4.67. The van der Waals surface area contributed by atoms with E-state index in [9.17, 15) is 4.39 Å².